The van der Waals surface area contributed by atoms with Gasteiger partial charge in [0.05, 0.1) is 13.2 Å². The van der Waals surface area contributed by atoms with Crippen LogP contribution in [0.25, 0.3) is 0 Å². The van der Waals surface area contributed by atoms with Gasteiger partial charge < -0.3 is 14.8 Å². The number of ketones is 1. The van der Waals surface area contributed by atoms with E-state index in [-0.39, 0.29) is 11.8 Å². The molecule has 0 unspecified atom stereocenters. The van der Waals surface area contributed by atoms with Gasteiger partial charge in [0, 0.05) is 17.2 Å². The van der Waals surface area contributed by atoms with Crippen molar-refractivity contribution in [2.75, 3.05) is 12.4 Å². The number of carbonyl (C=O) groups excluding carboxylic acids is 1. The summed E-state index contributed by atoms with van der Waals surface area (Å²) in [5, 5.41) is 3.73. The van der Waals surface area contributed by atoms with Crippen LogP contribution in [0.5, 0.6) is 11.5 Å². The van der Waals surface area contributed by atoms with Crippen LogP contribution in [0.3, 0.4) is 0 Å². The van der Waals surface area contributed by atoms with Crippen LogP contribution in [0.2, 0.25) is 0 Å². The van der Waals surface area contributed by atoms with Crippen LogP contribution in [0.4, 0.5) is 5.69 Å². The lowest BCUT2D eigenvalue weighted by Gasteiger charge is -2.38. The molecule has 4 nitrogen and oxygen atoms in total. The van der Waals surface area contributed by atoms with Gasteiger partial charge in [0.1, 0.15) is 6.61 Å². The minimum atomic E-state index is 0.101. The summed E-state index contributed by atoms with van der Waals surface area (Å²) in [5.41, 5.74) is 5.37. The summed E-state index contributed by atoms with van der Waals surface area (Å²) >= 11 is 0. The van der Waals surface area contributed by atoms with E-state index in [0.717, 1.165) is 34.7 Å². The van der Waals surface area contributed by atoms with E-state index in [4.69, 9.17) is 9.47 Å². The van der Waals surface area contributed by atoms with Crippen molar-refractivity contribution >= 4 is 11.5 Å². The van der Waals surface area contributed by atoms with E-state index < -0.39 is 0 Å². The molecule has 0 saturated heterocycles. The van der Waals surface area contributed by atoms with E-state index in [9.17, 15) is 4.79 Å². The van der Waals surface area contributed by atoms with E-state index in [2.05, 4.69) is 47.8 Å². The molecule has 1 aliphatic carbocycles. The van der Waals surface area contributed by atoms with Crippen molar-refractivity contribution in [3.63, 3.8) is 0 Å². The molecule has 1 aliphatic heterocycles. The third kappa shape index (κ3) is 3.77. The van der Waals surface area contributed by atoms with E-state index >= 15 is 0 Å². The summed E-state index contributed by atoms with van der Waals surface area (Å²) in [6.45, 7) is 2.12. The van der Waals surface area contributed by atoms with Gasteiger partial charge in [0.15, 0.2) is 17.3 Å². The second-order valence-corrected chi connectivity index (χ2v) is 8.52. The summed E-state index contributed by atoms with van der Waals surface area (Å²) in [5.74, 6) is 2.27. The highest BCUT2D eigenvalue weighted by Gasteiger charge is 2.38. The molecule has 0 bridgehead atoms. The number of methoxy groups -OCH3 is 1. The molecular formula is C28H27NO3. The molecular weight excluding hydrogens is 398 g/mol. The Kier molecular flexibility index (Phi) is 5.44. The molecule has 4 heteroatoms. The van der Waals surface area contributed by atoms with E-state index in [1.165, 1.54) is 11.1 Å². The molecule has 0 fully saturated rings. The predicted octanol–water partition coefficient (Wildman–Crippen LogP) is 6.30. The zero-order valence-electron chi connectivity index (χ0n) is 18.4. The molecule has 3 aromatic carbocycles. The molecule has 2 aliphatic rings. The molecule has 0 spiro atoms. The highest BCUT2D eigenvalue weighted by Crippen LogP contribution is 2.50. The van der Waals surface area contributed by atoms with Crippen LogP contribution in [0.1, 0.15) is 52.4 Å². The smallest absolute Gasteiger partial charge is 0.161 e. The van der Waals surface area contributed by atoms with Crippen molar-refractivity contribution in [2.24, 2.45) is 5.92 Å². The van der Waals surface area contributed by atoms with Crippen molar-refractivity contribution in [2.45, 2.75) is 31.9 Å². The van der Waals surface area contributed by atoms with Crippen LogP contribution in [0.15, 0.2) is 78.9 Å². The lowest BCUT2D eigenvalue weighted by Crippen LogP contribution is -2.29. The molecule has 0 saturated carbocycles. The topological polar surface area (TPSA) is 47.6 Å². The van der Waals surface area contributed by atoms with Gasteiger partial charge in [-0.05, 0) is 66.3 Å². The van der Waals surface area contributed by atoms with Crippen molar-refractivity contribution < 1.29 is 14.3 Å². The zero-order valence-corrected chi connectivity index (χ0v) is 18.4. The largest absolute Gasteiger partial charge is 0.493 e. The Bertz CT molecular complexity index is 1170. The van der Waals surface area contributed by atoms with Gasteiger partial charge in [-0.3, -0.25) is 4.79 Å². The Hall–Kier alpha value is -3.53. The molecule has 3 atom stereocenters. The summed E-state index contributed by atoms with van der Waals surface area (Å²) in [6.07, 6.45) is 5.55. The Morgan fingerprint density at radius 1 is 1.03 bits per heavy atom. The lowest BCUT2D eigenvalue weighted by atomic mass is 9.76. The fourth-order valence-electron chi connectivity index (χ4n) is 4.88. The Balaban J connectivity index is 1.42. The maximum absolute atomic E-state index is 11.9. The third-order valence-electron chi connectivity index (χ3n) is 6.55. The summed E-state index contributed by atoms with van der Waals surface area (Å²) in [7, 11) is 1.68. The second-order valence-electron chi connectivity index (χ2n) is 8.52. The Morgan fingerprint density at radius 3 is 2.66 bits per heavy atom. The van der Waals surface area contributed by atoms with Crippen LogP contribution in [-0.2, 0) is 6.61 Å². The molecule has 3 aromatic rings. The summed E-state index contributed by atoms with van der Waals surface area (Å²) in [4.78, 5) is 11.9. The van der Waals surface area contributed by atoms with Crippen molar-refractivity contribution in [1.29, 1.82) is 0 Å². The van der Waals surface area contributed by atoms with Gasteiger partial charge in [0.25, 0.3) is 0 Å². The molecule has 0 aromatic heterocycles. The summed E-state index contributed by atoms with van der Waals surface area (Å²) in [6, 6.07) is 22.5. The average Bonchev–Trinajstić information content (AvgIpc) is 3.33. The number of hydrogen-bond donors (Lipinski definition) is 1. The normalized spacial score (nSPS) is 20.8. The van der Waals surface area contributed by atoms with Crippen LogP contribution in [-0.4, -0.2) is 12.9 Å². The number of benzene rings is 3. The van der Waals surface area contributed by atoms with E-state index in [0.29, 0.717) is 18.4 Å². The maximum atomic E-state index is 11.9. The number of hydrogen-bond acceptors (Lipinski definition) is 4. The number of carbonyl (C=O) groups is 1. The quantitative estimate of drug-likeness (QED) is 0.372. The molecule has 5 rings (SSSR count). The van der Waals surface area contributed by atoms with Crippen LogP contribution >= 0.6 is 0 Å². The molecule has 0 amide bonds. The SMILES string of the molecule is COc1cc([C@@H]2Nc3ccc(C(C)=O)cc3[C@@H]3C=CC[C@@H]32)ccc1OCc1ccccc1. The standard InChI is InChI=1S/C28H27NO3/c1-18(30)20-11-13-25-24(15-20)22-9-6-10-23(22)28(29-25)21-12-14-26(27(16-21)31-2)32-17-19-7-4-3-5-8-19/h3-9,11-16,22-23,28-29H,10,17H2,1-2H3/t22-,23+,28+/m1/s1. The zero-order chi connectivity index (χ0) is 22.1. The lowest BCUT2D eigenvalue weighted by molar-refractivity contribution is 0.101. The third-order valence-corrected chi connectivity index (χ3v) is 6.55. The molecule has 162 valence electrons. The van der Waals surface area contributed by atoms with Gasteiger partial charge in [-0.25, -0.2) is 0 Å². The number of ether oxygens (including phenoxy) is 2. The first-order valence-corrected chi connectivity index (χ1v) is 11.1. The second kappa shape index (κ2) is 8.54. The number of fused-ring (bicyclic) bond motifs is 3. The van der Waals surface area contributed by atoms with Gasteiger partial charge >= 0.3 is 0 Å². The van der Waals surface area contributed by atoms with Crippen molar-refractivity contribution in [3.05, 3.63) is 101 Å². The van der Waals surface area contributed by atoms with Gasteiger partial charge in [-0.2, -0.15) is 0 Å². The van der Waals surface area contributed by atoms with Gasteiger partial charge in [0.2, 0.25) is 0 Å². The molecule has 0 radical (unpaired) electrons. The highest BCUT2D eigenvalue weighted by atomic mass is 16.5. The van der Waals surface area contributed by atoms with Gasteiger partial charge in [-0.1, -0.05) is 48.6 Å². The van der Waals surface area contributed by atoms with Gasteiger partial charge in [-0.15, -0.1) is 0 Å². The monoisotopic (exact) mass is 425 g/mol. The Morgan fingerprint density at radius 2 is 1.88 bits per heavy atom. The first-order chi connectivity index (χ1) is 15.6. The number of anilines is 1. The number of allylic oxidation sites excluding steroid dienone is 2. The number of nitrogens with one attached hydrogen (secondary N) is 1. The molecule has 1 heterocycles. The van der Waals surface area contributed by atoms with Crippen molar-refractivity contribution in [3.8, 4) is 11.5 Å². The van der Waals surface area contributed by atoms with Crippen LogP contribution < -0.4 is 14.8 Å². The van der Waals surface area contributed by atoms with Crippen molar-refractivity contribution in [1.82, 2.24) is 0 Å². The maximum Gasteiger partial charge on any atom is 0.161 e. The van der Waals surface area contributed by atoms with E-state index in [1.807, 2.05) is 36.4 Å². The minimum Gasteiger partial charge on any atom is -0.493 e. The fourth-order valence-corrected chi connectivity index (χ4v) is 4.88. The number of Topliss-reactive ketones (excluding diaryl/α,β-unsaturated/α-hetero) is 1. The number of rotatable bonds is 6. The molecule has 32 heavy (non-hydrogen) atoms. The Labute approximate surface area is 188 Å². The summed E-state index contributed by atoms with van der Waals surface area (Å²) < 4.78 is 11.7. The highest BCUT2D eigenvalue weighted by molar-refractivity contribution is 5.95. The van der Waals surface area contributed by atoms with Crippen LogP contribution in [0, 0.1) is 5.92 Å². The first kappa shape index (κ1) is 20.4. The minimum absolute atomic E-state index is 0.101. The average molecular weight is 426 g/mol. The fraction of sp³-hybridized carbons (Fsp3) is 0.250. The molecule has 1 N–H and O–H groups in total. The van der Waals surface area contributed by atoms with E-state index in [1.54, 1.807) is 14.0 Å². The first-order valence-electron chi connectivity index (χ1n) is 11.1. The predicted molar refractivity (Wildman–Crippen MR) is 127 cm³/mol.